The normalized spacial score (nSPS) is 15.0. The number of ether oxygens (including phenoxy) is 2. The van der Waals surface area contributed by atoms with E-state index < -0.39 is 11.2 Å². The molecule has 1 aromatic carbocycles. The molecule has 80 valence electrons. The first-order chi connectivity index (χ1) is 7.16. The predicted molar refractivity (Wildman–Crippen MR) is 56.7 cm³/mol. The molecule has 1 unspecified atom stereocenters. The van der Waals surface area contributed by atoms with E-state index in [1.54, 1.807) is 12.1 Å². The van der Waals surface area contributed by atoms with Crippen LogP contribution in [0.2, 0.25) is 0 Å². The second kappa shape index (κ2) is 4.02. The van der Waals surface area contributed by atoms with Crippen molar-refractivity contribution in [3.8, 4) is 11.5 Å². The van der Waals surface area contributed by atoms with Gasteiger partial charge in [-0.3, -0.25) is 4.79 Å². The van der Waals surface area contributed by atoms with Crippen molar-refractivity contribution in [1.82, 2.24) is 0 Å². The van der Waals surface area contributed by atoms with Crippen LogP contribution in [0.25, 0.3) is 0 Å². The number of carboxylic acids is 1. The van der Waals surface area contributed by atoms with Crippen LogP contribution >= 0.6 is 12.6 Å². The highest BCUT2D eigenvalue weighted by Crippen LogP contribution is 2.32. The molecule has 0 radical (unpaired) electrons. The lowest BCUT2D eigenvalue weighted by Gasteiger charge is -2.06. The molecule has 1 N–H and O–H groups in total. The van der Waals surface area contributed by atoms with Gasteiger partial charge in [0.1, 0.15) is 5.25 Å². The molecule has 0 saturated heterocycles. The summed E-state index contributed by atoms with van der Waals surface area (Å²) in [6.07, 6.45) is 0.370. The van der Waals surface area contributed by atoms with E-state index in [0.717, 1.165) is 5.56 Å². The second-order valence-corrected chi connectivity index (χ2v) is 3.87. The van der Waals surface area contributed by atoms with Gasteiger partial charge in [-0.1, -0.05) is 6.07 Å². The lowest BCUT2D eigenvalue weighted by atomic mass is 10.1. The maximum Gasteiger partial charge on any atom is 0.316 e. The zero-order valence-electron chi connectivity index (χ0n) is 7.84. The molecule has 15 heavy (non-hydrogen) atoms. The summed E-state index contributed by atoms with van der Waals surface area (Å²) in [4.78, 5) is 10.6. The minimum Gasteiger partial charge on any atom is -0.480 e. The number of aliphatic carboxylic acids is 1. The SMILES string of the molecule is O=C(O)C(S)Cc1ccc2c(c1)OCO2. The molecule has 1 aliphatic rings. The highest BCUT2D eigenvalue weighted by atomic mass is 32.1. The molecule has 0 amide bonds. The van der Waals surface area contributed by atoms with Gasteiger partial charge in [0.25, 0.3) is 0 Å². The van der Waals surface area contributed by atoms with E-state index in [-0.39, 0.29) is 6.79 Å². The molecule has 0 saturated carbocycles. The van der Waals surface area contributed by atoms with E-state index in [4.69, 9.17) is 14.6 Å². The van der Waals surface area contributed by atoms with Crippen molar-refractivity contribution in [2.24, 2.45) is 0 Å². The Labute approximate surface area is 92.2 Å². The molecule has 5 heteroatoms. The van der Waals surface area contributed by atoms with Crippen LogP contribution in [0.4, 0.5) is 0 Å². The zero-order chi connectivity index (χ0) is 10.8. The van der Waals surface area contributed by atoms with Crippen molar-refractivity contribution in [1.29, 1.82) is 0 Å². The molecular formula is C10H10O4S. The third-order valence-corrected chi connectivity index (χ3v) is 2.55. The number of fused-ring (bicyclic) bond motifs is 1. The lowest BCUT2D eigenvalue weighted by molar-refractivity contribution is -0.136. The number of hydrogen-bond acceptors (Lipinski definition) is 4. The third-order valence-electron chi connectivity index (χ3n) is 2.15. The van der Waals surface area contributed by atoms with E-state index in [1.807, 2.05) is 6.07 Å². The first kappa shape index (κ1) is 10.2. The van der Waals surface area contributed by atoms with Gasteiger partial charge in [-0.2, -0.15) is 12.6 Å². The van der Waals surface area contributed by atoms with Crippen LogP contribution in [-0.2, 0) is 11.2 Å². The molecule has 2 rings (SSSR count). The number of hydrogen-bond donors (Lipinski definition) is 2. The quantitative estimate of drug-likeness (QED) is 0.764. The summed E-state index contributed by atoms with van der Waals surface area (Å²) in [7, 11) is 0. The number of carboxylic acid groups (broad SMARTS) is 1. The van der Waals surface area contributed by atoms with E-state index in [1.165, 1.54) is 0 Å². The van der Waals surface area contributed by atoms with Gasteiger partial charge in [0.15, 0.2) is 11.5 Å². The molecule has 0 aromatic heterocycles. The molecule has 1 heterocycles. The summed E-state index contributed by atoms with van der Waals surface area (Å²) in [5.41, 5.74) is 0.877. The van der Waals surface area contributed by atoms with Gasteiger partial charge in [0, 0.05) is 0 Å². The standard InChI is InChI=1S/C10H10O4S/c11-10(12)9(15)4-6-1-2-7-8(3-6)14-5-13-7/h1-3,9,15H,4-5H2,(H,11,12). The Morgan fingerprint density at radius 2 is 2.20 bits per heavy atom. The summed E-state index contributed by atoms with van der Waals surface area (Å²) in [5.74, 6) is 0.444. The van der Waals surface area contributed by atoms with Gasteiger partial charge >= 0.3 is 5.97 Å². The van der Waals surface area contributed by atoms with Crippen LogP contribution in [0, 0.1) is 0 Å². The zero-order valence-corrected chi connectivity index (χ0v) is 8.74. The maximum absolute atomic E-state index is 10.6. The smallest absolute Gasteiger partial charge is 0.316 e. The van der Waals surface area contributed by atoms with Gasteiger partial charge in [-0.05, 0) is 24.1 Å². The molecule has 0 fully saturated rings. The summed E-state index contributed by atoms with van der Waals surface area (Å²) >= 11 is 3.97. The summed E-state index contributed by atoms with van der Waals surface area (Å²) < 4.78 is 10.3. The molecule has 1 aliphatic heterocycles. The Kier molecular flexibility index (Phi) is 2.73. The number of carbonyl (C=O) groups is 1. The van der Waals surface area contributed by atoms with Crippen molar-refractivity contribution >= 4 is 18.6 Å². The number of thiol groups is 1. The maximum atomic E-state index is 10.6. The van der Waals surface area contributed by atoms with Crippen molar-refractivity contribution < 1.29 is 19.4 Å². The molecule has 0 spiro atoms. The monoisotopic (exact) mass is 226 g/mol. The van der Waals surface area contributed by atoms with Crippen LogP contribution in [-0.4, -0.2) is 23.1 Å². The van der Waals surface area contributed by atoms with Gasteiger partial charge in [0.05, 0.1) is 0 Å². The molecule has 1 atom stereocenters. The fraction of sp³-hybridized carbons (Fsp3) is 0.300. The van der Waals surface area contributed by atoms with Crippen molar-refractivity contribution in [2.45, 2.75) is 11.7 Å². The first-order valence-electron chi connectivity index (χ1n) is 4.46. The fourth-order valence-corrected chi connectivity index (χ4v) is 1.59. The van der Waals surface area contributed by atoms with E-state index in [0.29, 0.717) is 17.9 Å². The van der Waals surface area contributed by atoms with E-state index >= 15 is 0 Å². The Morgan fingerprint density at radius 3 is 2.93 bits per heavy atom. The second-order valence-electron chi connectivity index (χ2n) is 3.25. The van der Waals surface area contributed by atoms with Crippen LogP contribution in [0.15, 0.2) is 18.2 Å². The fourth-order valence-electron chi connectivity index (χ4n) is 1.38. The van der Waals surface area contributed by atoms with E-state index in [9.17, 15) is 4.79 Å². The number of benzene rings is 1. The Hall–Kier alpha value is -1.36. The average Bonchev–Trinajstić information content (AvgIpc) is 2.64. The van der Waals surface area contributed by atoms with Gasteiger partial charge < -0.3 is 14.6 Å². The molecular weight excluding hydrogens is 216 g/mol. The lowest BCUT2D eigenvalue weighted by Crippen LogP contribution is -2.15. The Bertz CT molecular complexity index is 391. The van der Waals surface area contributed by atoms with Gasteiger partial charge in [0.2, 0.25) is 6.79 Å². The number of rotatable bonds is 3. The molecule has 1 aromatic rings. The van der Waals surface area contributed by atoms with Crippen LogP contribution < -0.4 is 9.47 Å². The molecule has 0 aliphatic carbocycles. The van der Waals surface area contributed by atoms with Crippen molar-refractivity contribution in [3.63, 3.8) is 0 Å². The summed E-state index contributed by atoms with van der Waals surface area (Å²) in [6, 6.07) is 5.38. The summed E-state index contributed by atoms with van der Waals surface area (Å²) in [5, 5.41) is 8.01. The van der Waals surface area contributed by atoms with Gasteiger partial charge in [-0.15, -0.1) is 0 Å². The Balaban J connectivity index is 2.13. The van der Waals surface area contributed by atoms with Crippen LogP contribution in [0.1, 0.15) is 5.56 Å². The minimum atomic E-state index is -0.920. The van der Waals surface area contributed by atoms with Crippen LogP contribution in [0.3, 0.4) is 0 Å². The highest BCUT2D eigenvalue weighted by molar-refractivity contribution is 7.81. The van der Waals surface area contributed by atoms with Crippen molar-refractivity contribution in [2.75, 3.05) is 6.79 Å². The predicted octanol–water partition coefficient (Wildman–Crippen LogP) is 1.34. The average molecular weight is 226 g/mol. The minimum absolute atomic E-state index is 0.224. The van der Waals surface area contributed by atoms with Gasteiger partial charge in [-0.25, -0.2) is 0 Å². The molecule has 4 nitrogen and oxygen atoms in total. The highest BCUT2D eigenvalue weighted by Gasteiger charge is 2.16. The first-order valence-corrected chi connectivity index (χ1v) is 4.98. The molecule has 0 bridgehead atoms. The summed E-state index contributed by atoms with van der Waals surface area (Å²) in [6.45, 7) is 0.224. The topological polar surface area (TPSA) is 55.8 Å². The van der Waals surface area contributed by atoms with Crippen LogP contribution in [0.5, 0.6) is 11.5 Å². The largest absolute Gasteiger partial charge is 0.480 e. The third kappa shape index (κ3) is 2.18. The van der Waals surface area contributed by atoms with E-state index in [2.05, 4.69) is 12.6 Å². The Morgan fingerprint density at radius 1 is 1.47 bits per heavy atom. The van der Waals surface area contributed by atoms with Crippen molar-refractivity contribution in [3.05, 3.63) is 23.8 Å².